The van der Waals surface area contributed by atoms with E-state index >= 15 is 0 Å². The molecule has 4 heterocycles. The van der Waals surface area contributed by atoms with Gasteiger partial charge in [0.05, 0.1) is 6.42 Å². The van der Waals surface area contributed by atoms with Crippen molar-refractivity contribution in [2.75, 3.05) is 24.2 Å². The van der Waals surface area contributed by atoms with Gasteiger partial charge in [-0.15, -0.1) is 0 Å². The molecule has 180 valence electrons. The average molecular weight is 474 g/mol. The van der Waals surface area contributed by atoms with Gasteiger partial charge in [0.15, 0.2) is 0 Å². The maximum Gasteiger partial charge on any atom is 0.390 e. The van der Waals surface area contributed by atoms with Gasteiger partial charge in [-0.05, 0) is 37.8 Å². The minimum absolute atomic E-state index is 0.00784. The molecular weight excluding hydrogens is 449 g/mol. The summed E-state index contributed by atoms with van der Waals surface area (Å²) in [5.74, 6) is 1.23. The topological polar surface area (TPSA) is 110 Å². The van der Waals surface area contributed by atoms with Gasteiger partial charge in [-0.3, -0.25) is 4.90 Å². The number of alkyl halides is 3. The predicted molar refractivity (Wildman–Crippen MR) is 118 cm³/mol. The molecule has 0 amide bonds. The molecule has 2 aliphatic heterocycles. The molecule has 0 radical (unpaired) electrons. The molecule has 9 nitrogen and oxygen atoms in total. The standard InChI is InChI=1S/C22H25F3N8O/c1-32(14-5-3-2-4-6-14)21-29-17(28-20(26)30-21)18-27-19(34-31-18)13-11-15-7-8-16(12-13)33(15)10-9-22(23,24)25/h2-6,13,15-16H,7-12H2,1H3,(H2,26,28,29,30)/t13-,15-,16+. The van der Waals surface area contributed by atoms with Crippen LogP contribution in [-0.2, 0) is 0 Å². The van der Waals surface area contributed by atoms with Crippen LogP contribution < -0.4 is 10.6 Å². The minimum atomic E-state index is -4.14. The Balaban J connectivity index is 1.32. The molecule has 0 aliphatic carbocycles. The number of halogens is 3. The summed E-state index contributed by atoms with van der Waals surface area (Å²) in [5.41, 5.74) is 6.80. The number of hydrogen-bond donors (Lipinski definition) is 1. The lowest BCUT2D eigenvalue weighted by atomic mass is 9.90. The number of aromatic nitrogens is 5. The summed E-state index contributed by atoms with van der Waals surface area (Å²) in [7, 11) is 1.82. The lowest BCUT2D eigenvalue weighted by Crippen LogP contribution is -2.43. The first kappa shape index (κ1) is 22.5. The molecule has 0 unspecified atom stereocenters. The molecule has 2 bridgehead atoms. The lowest BCUT2D eigenvalue weighted by molar-refractivity contribution is -0.140. The SMILES string of the molecule is CN(c1ccccc1)c1nc(N)nc(-c2noc([C@@H]3C[C@H]4CC[C@@H](C3)N4CCC(F)(F)F)n2)n1. The van der Waals surface area contributed by atoms with E-state index in [9.17, 15) is 13.2 Å². The zero-order chi connectivity index (χ0) is 23.9. The van der Waals surface area contributed by atoms with Crippen molar-refractivity contribution >= 4 is 17.6 Å². The molecule has 2 fully saturated rings. The van der Waals surface area contributed by atoms with Gasteiger partial charge < -0.3 is 15.2 Å². The van der Waals surface area contributed by atoms with Crippen molar-refractivity contribution in [3.8, 4) is 11.6 Å². The molecular formula is C22H25F3N8O. The summed E-state index contributed by atoms with van der Waals surface area (Å²) in [6, 6.07) is 9.76. The average Bonchev–Trinajstić information content (AvgIpc) is 3.39. The smallest absolute Gasteiger partial charge is 0.368 e. The third-order valence-electron chi connectivity index (χ3n) is 6.61. The lowest BCUT2D eigenvalue weighted by Gasteiger charge is -2.37. The Morgan fingerprint density at radius 2 is 1.74 bits per heavy atom. The van der Waals surface area contributed by atoms with Gasteiger partial charge in [0.1, 0.15) is 0 Å². The zero-order valence-corrected chi connectivity index (χ0v) is 18.6. The van der Waals surface area contributed by atoms with Crippen molar-refractivity contribution in [2.24, 2.45) is 0 Å². The van der Waals surface area contributed by atoms with Crippen molar-refractivity contribution in [1.29, 1.82) is 0 Å². The number of para-hydroxylation sites is 1. The number of rotatable bonds is 6. The van der Waals surface area contributed by atoms with Crippen LogP contribution in [0.2, 0.25) is 0 Å². The number of hydrogen-bond acceptors (Lipinski definition) is 9. The van der Waals surface area contributed by atoms with E-state index in [2.05, 4.69) is 25.1 Å². The Labute approximate surface area is 194 Å². The molecule has 0 saturated carbocycles. The van der Waals surface area contributed by atoms with Crippen LogP contribution in [-0.4, -0.2) is 61.8 Å². The third-order valence-corrected chi connectivity index (χ3v) is 6.61. The second-order valence-corrected chi connectivity index (χ2v) is 8.82. The Morgan fingerprint density at radius 1 is 1.03 bits per heavy atom. The van der Waals surface area contributed by atoms with E-state index in [1.807, 2.05) is 42.3 Å². The summed E-state index contributed by atoms with van der Waals surface area (Å²) in [4.78, 5) is 21.1. The highest BCUT2D eigenvalue weighted by molar-refractivity contribution is 5.58. The molecule has 34 heavy (non-hydrogen) atoms. The number of nitrogens with zero attached hydrogens (tertiary/aromatic N) is 7. The molecule has 2 saturated heterocycles. The minimum Gasteiger partial charge on any atom is -0.368 e. The van der Waals surface area contributed by atoms with Crippen LogP contribution in [0.5, 0.6) is 0 Å². The Bertz CT molecular complexity index is 1120. The van der Waals surface area contributed by atoms with Gasteiger partial charge in [0.2, 0.25) is 29.4 Å². The first-order valence-corrected chi connectivity index (χ1v) is 11.2. The summed E-state index contributed by atoms with van der Waals surface area (Å²) < 4.78 is 43.7. The number of anilines is 3. The predicted octanol–water partition coefficient (Wildman–Crippen LogP) is 3.93. The van der Waals surface area contributed by atoms with E-state index in [0.717, 1.165) is 18.5 Å². The number of benzene rings is 1. The van der Waals surface area contributed by atoms with Crippen LogP contribution >= 0.6 is 0 Å². The number of nitrogens with two attached hydrogens (primary N) is 1. The molecule has 2 aliphatic rings. The van der Waals surface area contributed by atoms with E-state index in [-0.39, 0.29) is 42.1 Å². The van der Waals surface area contributed by atoms with Gasteiger partial charge in [0, 0.05) is 37.3 Å². The van der Waals surface area contributed by atoms with Gasteiger partial charge >= 0.3 is 6.18 Å². The third kappa shape index (κ3) is 4.67. The van der Waals surface area contributed by atoms with E-state index < -0.39 is 12.6 Å². The maximum atomic E-state index is 12.7. The van der Waals surface area contributed by atoms with Crippen LogP contribution in [0.25, 0.3) is 11.6 Å². The van der Waals surface area contributed by atoms with Crippen molar-refractivity contribution in [1.82, 2.24) is 30.0 Å². The molecule has 3 aromatic rings. The highest BCUT2D eigenvalue weighted by Crippen LogP contribution is 2.43. The van der Waals surface area contributed by atoms with E-state index in [4.69, 9.17) is 10.3 Å². The van der Waals surface area contributed by atoms with Gasteiger partial charge in [0.25, 0.3) is 0 Å². The maximum absolute atomic E-state index is 12.7. The Kier molecular flexibility index (Phi) is 5.84. The summed E-state index contributed by atoms with van der Waals surface area (Å²) in [6.07, 6.45) is -1.76. The summed E-state index contributed by atoms with van der Waals surface area (Å²) >= 11 is 0. The number of nitrogen functional groups attached to an aromatic ring is 1. The van der Waals surface area contributed by atoms with Crippen LogP contribution in [0, 0.1) is 0 Å². The van der Waals surface area contributed by atoms with Gasteiger partial charge in [-0.25, -0.2) is 0 Å². The highest BCUT2D eigenvalue weighted by Gasteiger charge is 2.44. The van der Waals surface area contributed by atoms with Crippen LogP contribution in [0.3, 0.4) is 0 Å². The van der Waals surface area contributed by atoms with Crippen molar-refractivity contribution in [3.05, 3.63) is 36.2 Å². The van der Waals surface area contributed by atoms with Crippen LogP contribution in [0.15, 0.2) is 34.9 Å². The van der Waals surface area contributed by atoms with Crippen LogP contribution in [0.4, 0.5) is 30.8 Å². The second-order valence-electron chi connectivity index (χ2n) is 8.82. The zero-order valence-electron chi connectivity index (χ0n) is 18.6. The van der Waals surface area contributed by atoms with Crippen LogP contribution in [0.1, 0.15) is 43.9 Å². The summed E-state index contributed by atoms with van der Waals surface area (Å²) in [5, 5.41) is 4.06. The monoisotopic (exact) mass is 474 g/mol. The number of fused-ring (bicyclic) bond motifs is 2. The molecule has 2 N–H and O–H groups in total. The first-order valence-electron chi connectivity index (χ1n) is 11.2. The van der Waals surface area contributed by atoms with Gasteiger partial charge in [-0.1, -0.05) is 23.4 Å². The van der Waals surface area contributed by atoms with Crippen molar-refractivity contribution < 1.29 is 17.7 Å². The van der Waals surface area contributed by atoms with E-state index in [1.165, 1.54) is 0 Å². The van der Waals surface area contributed by atoms with Gasteiger partial charge in [-0.2, -0.15) is 33.1 Å². The Hall–Kier alpha value is -3.28. The fraction of sp³-hybridized carbons (Fsp3) is 0.500. The molecule has 5 rings (SSSR count). The molecule has 3 atom stereocenters. The van der Waals surface area contributed by atoms with Crippen molar-refractivity contribution in [3.63, 3.8) is 0 Å². The molecule has 2 aromatic heterocycles. The largest absolute Gasteiger partial charge is 0.390 e. The highest BCUT2D eigenvalue weighted by atomic mass is 19.4. The van der Waals surface area contributed by atoms with Crippen molar-refractivity contribution in [2.45, 2.75) is 56.3 Å². The molecule has 12 heteroatoms. The quantitative estimate of drug-likeness (QED) is 0.568. The van der Waals surface area contributed by atoms with E-state index in [1.54, 1.807) is 4.90 Å². The molecule has 1 aromatic carbocycles. The fourth-order valence-electron chi connectivity index (χ4n) is 4.99. The Morgan fingerprint density at radius 3 is 2.41 bits per heavy atom. The second kappa shape index (κ2) is 8.82. The number of piperidine rings is 1. The first-order chi connectivity index (χ1) is 16.3. The van der Waals surface area contributed by atoms with E-state index in [0.29, 0.717) is 24.7 Å². The fourth-order valence-corrected chi connectivity index (χ4v) is 4.99. The normalized spacial score (nSPS) is 22.8. The summed E-state index contributed by atoms with van der Waals surface area (Å²) in [6.45, 7) is 0.0441. The molecule has 0 spiro atoms.